The average Bonchev–Trinajstić information content (AvgIpc) is 2.90. The van der Waals surface area contributed by atoms with E-state index < -0.39 is 0 Å². The zero-order valence-corrected chi connectivity index (χ0v) is 18.6. The summed E-state index contributed by atoms with van der Waals surface area (Å²) in [6.07, 6.45) is 0. The summed E-state index contributed by atoms with van der Waals surface area (Å²) in [6, 6.07) is 35.2. The van der Waals surface area contributed by atoms with Crippen LogP contribution in [0.2, 0.25) is 0 Å². The first-order chi connectivity index (χ1) is 16.7. The highest BCUT2D eigenvalue weighted by molar-refractivity contribution is 6.07. The zero-order chi connectivity index (χ0) is 23.3. The summed E-state index contributed by atoms with van der Waals surface area (Å²) in [4.78, 5) is 25.5. The summed E-state index contributed by atoms with van der Waals surface area (Å²) >= 11 is 0. The summed E-state index contributed by atoms with van der Waals surface area (Å²) in [7, 11) is 0. The molecule has 5 aromatic rings. The lowest BCUT2D eigenvalue weighted by Crippen LogP contribution is -2.23. The van der Waals surface area contributed by atoms with Crippen LogP contribution in [0, 0.1) is 0 Å². The van der Waals surface area contributed by atoms with Crippen molar-refractivity contribution in [3.8, 4) is 0 Å². The Morgan fingerprint density at radius 2 is 0.853 bits per heavy atom. The molecule has 4 heteroatoms. The Bertz CT molecular complexity index is 1360. The van der Waals surface area contributed by atoms with Crippen LogP contribution in [0.4, 0.5) is 0 Å². The van der Waals surface area contributed by atoms with Gasteiger partial charge < -0.3 is 10.6 Å². The summed E-state index contributed by atoms with van der Waals surface area (Å²) in [5.41, 5.74) is 3.34. The molecule has 0 aliphatic carbocycles. The Morgan fingerprint density at radius 3 is 1.29 bits per heavy atom. The van der Waals surface area contributed by atoms with Gasteiger partial charge in [0.2, 0.25) is 0 Å². The maximum absolute atomic E-state index is 12.7. The molecule has 2 amide bonds. The van der Waals surface area contributed by atoms with Crippen LogP contribution >= 0.6 is 0 Å². The summed E-state index contributed by atoms with van der Waals surface area (Å²) in [5, 5.41) is 9.99. The van der Waals surface area contributed by atoms with Gasteiger partial charge in [-0.15, -0.1) is 0 Å². The molecule has 0 atom stereocenters. The van der Waals surface area contributed by atoms with Gasteiger partial charge >= 0.3 is 0 Å². The summed E-state index contributed by atoms with van der Waals surface area (Å²) in [5.74, 6) is -0.188. The lowest BCUT2D eigenvalue weighted by molar-refractivity contribution is 0.0944. The monoisotopic (exact) mass is 444 g/mol. The van der Waals surface area contributed by atoms with Crippen molar-refractivity contribution in [2.24, 2.45) is 0 Å². The van der Waals surface area contributed by atoms with Gasteiger partial charge in [0.1, 0.15) is 0 Å². The molecule has 0 heterocycles. The Hall–Kier alpha value is -4.44. The Kier molecular flexibility index (Phi) is 6.04. The van der Waals surface area contributed by atoms with Crippen LogP contribution in [-0.4, -0.2) is 11.8 Å². The molecule has 0 aromatic heterocycles. The van der Waals surface area contributed by atoms with E-state index in [2.05, 4.69) is 10.6 Å². The van der Waals surface area contributed by atoms with Crippen molar-refractivity contribution in [3.05, 3.63) is 131 Å². The molecule has 5 rings (SSSR count). The molecule has 0 saturated heterocycles. The molecule has 2 N–H and O–H groups in total. The van der Waals surface area contributed by atoms with E-state index >= 15 is 0 Å². The number of carbonyl (C=O) groups is 2. The van der Waals surface area contributed by atoms with Crippen molar-refractivity contribution in [3.63, 3.8) is 0 Å². The van der Waals surface area contributed by atoms with Crippen LogP contribution in [0.15, 0.2) is 109 Å². The van der Waals surface area contributed by atoms with Crippen LogP contribution in [0.5, 0.6) is 0 Å². The fourth-order valence-corrected chi connectivity index (χ4v) is 4.18. The van der Waals surface area contributed by atoms with E-state index in [1.807, 2.05) is 109 Å². The normalized spacial score (nSPS) is 10.8. The maximum Gasteiger partial charge on any atom is 0.252 e. The molecule has 0 aliphatic rings. The van der Waals surface area contributed by atoms with E-state index in [1.165, 1.54) is 0 Å². The quantitative estimate of drug-likeness (QED) is 0.345. The van der Waals surface area contributed by atoms with Crippen molar-refractivity contribution in [1.82, 2.24) is 10.6 Å². The summed E-state index contributed by atoms with van der Waals surface area (Å²) in [6.45, 7) is 0.870. The van der Waals surface area contributed by atoms with Crippen LogP contribution in [0.3, 0.4) is 0 Å². The van der Waals surface area contributed by atoms with Crippen LogP contribution in [0.25, 0.3) is 21.5 Å². The maximum atomic E-state index is 12.7. The first-order valence-electron chi connectivity index (χ1n) is 11.3. The largest absolute Gasteiger partial charge is 0.348 e. The minimum absolute atomic E-state index is 0.0942. The third-order valence-electron chi connectivity index (χ3n) is 6.00. The molecule has 0 aliphatic heterocycles. The first kappa shape index (κ1) is 21.4. The van der Waals surface area contributed by atoms with E-state index in [0.29, 0.717) is 24.2 Å². The SMILES string of the molecule is O=C(NCc1ccc(CNC(=O)c2cccc3ccccc23)cc1)c1cccc2ccccc12. The lowest BCUT2D eigenvalue weighted by Gasteiger charge is -2.10. The van der Waals surface area contributed by atoms with Crippen LogP contribution in [-0.2, 0) is 13.1 Å². The molecule has 4 nitrogen and oxygen atoms in total. The van der Waals surface area contributed by atoms with Gasteiger partial charge in [-0.05, 0) is 44.8 Å². The van der Waals surface area contributed by atoms with Crippen molar-refractivity contribution < 1.29 is 9.59 Å². The second-order valence-electron chi connectivity index (χ2n) is 8.24. The second-order valence-corrected chi connectivity index (χ2v) is 8.24. The van der Waals surface area contributed by atoms with Crippen molar-refractivity contribution >= 4 is 33.4 Å². The Balaban J connectivity index is 1.19. The molecule has 0 bridgehead atoms. The topological polar surface area (TPSA) is 58.2 Å². The molecule has 34 heavy (non-hydrogen) atoms. The Labute approximate surface area is 198 Å². The van der Waals surface area contributed by atoms with Gasteiger partial charge in [-0.25, -0.2) is 0 Å². The molecular weight excluding hydrogens is 420 g/mol. The van der Waals surface area contributed by atoms with E-state index in [9.17, 15) is 9.59 Å². The molecule has 0 unspecified atom stereocenters. The standard InChI is InChI=1S/C30H24N2O2/c33-29(27-13-5-9-23-7-1-3-11-25(23)27)31-19-21-15-17-22(18-16-21)20-32-30(34)28-14-6-10-24-8-2-4-12-26(24)28/h1-18H,19-20H2,(H,31,33)(H,32,34). The van der Waals surface area contributed by atoms with E-state index in [-0.39, 0.29) is 11.8 Å². The summed E-state index contributed by atoms with van der Waals surface area (Å²) < 4.78 is 0. The Morgan fingerprint density at radius 1 is 0.471 bits per heavy atom. The van der Waals surface area contributed by atoms with E-state index in [1.54, 1.807) is 0 Å². The average molecular weight is 445 g/mol. The number of fused-ring (bicyclic) bond motifs is 2. The van der Waals surface area contributed by atoms with Gasteiger partial charge in [0, 0.05) is 24.2 Å². The van der Waals surface area contributed by atoms with Gasteiger partial charge in [-0.1, -0.05) is 97.1 Å². The van der Waals surface area contributed by atoms with Gasteiger partial charge in [-0.2, -0.15) is 0 Å². The second kappa shape index (κ2) is 9.59. The molecule has 166 valence electrons. The van der Waals surface area contributed by atoms with Crippen molar-refractivity contribution in [2.75, 3.05) is 0 Å². The number of hydrogen-bond acceptors (Lipinski definition) is 2. The minimum Gasteiger partial charge on any atom is -0.348 e. The number of amides is 2. The number of benzene rings is 5. The number of rotatable bonds is 6. The highest BCUT2D eigenvalue weighted by Crippen LogP contribution is 2.19. The molecule has 5 aromatic carbocycles. The third-order valence-corrected chi connectivity index (χ3v) is 6.00. The predicted octanol–water partition coefficient (Wildman–Crippen LogP) is 5.85. The van der Waals surface area contributed by atoms with Gasteiger partial charge in [-0.3, -0.25) is 9.59 Å². The molecule has 0 spiro atoms. The van der Waals surface area contributed by atoms with Gasteiger partial charge in [0.05, 0.1) is 0 Å². The highest BCUT2D eigenvalue weighted by Gasteiger charge is 2.11. The molecule has 0 radical (unpaired) electrons. The number of carbonyl (C=O) groups excluding carboxylic acids is 2. The van der Waals surface area contributed by atoms with Gasteiger partial charge in [0.15, 0.2) is 0 Å². The lowest BCUT2D eigenvalue weighted by atomic mass is 10.0. The third kappa shape index (κ3) is 4.52. The van der Waals surface area contributed by atoms with E-state index in [0.717, 1.165) is 32.7 Å². The smallest absolute Gasteiger partial charge is 0.252 e. The molecular formula is C30H24N2O2. The fourth-order valence-electron chi connectivity index (χ4n) is 4.18. The molecule has 0 saturated carbocycles. The predicted molar refractivity (Wildman–Crippen MR) is 137 cm³/mol. The fraction of sp³-hybridized carbons (Fsp3) is 0.0667. The zero-order valence-electron chi connectivity index (χ0n) is 18.6. The van der Waals surface area contributed by atoms with Crippen LogP contribution in [0.1, 0.15) is 31.8 Å². The molecule has 0 fully saturated rings. The first-order valence-corrected chi connectivity index (χ1v) is 11.3. The highest BCUT2D eigenvalue weighted by atomic mass is 16.2. The van der Waals surface area contributed by atoms with Crippen molar-refractivity contribution in [2.45, 2.75) is 13.1 Å². The number of hydrogen-bond donors (Lipinski definition) is 2. The van der Waals surface area contributed by atoms with E-state index in [4.69, 9.17) is 0 Å². The minimum atomic E-state index is -0.0942. The number of nitrogens with one attached hydrogen (secondary N) is 2. The van der Waals surface area contributed by atoms with Gasteiger partial charge in [0.25, 0.3) is 11.8 Å². The van der Waals surface area contributed by atoms with Crippen LogP contribution < -0.4 is 10.6 Å². The van der Waals surface area contributed by atoms with Crippen molar-refractivity contribution in [1.29, 1.82) is 0 Å².